The standard InChI is InChI=1S/C14H21IO4/c1-6-18-9(2)19-13-11(15)7-10(14(3,4)16)8-12(13)17-5/h7-9,16H,6H2,1-5H3. The van der Waals surface area contributed by atoms with Crippen LogP contribution in [0.3, 0.4) is 0 Å². The third-order valence-electron chi connectivity index (χ3n) is 2.62. The Morgan fingerprint density at radius 3 is 2.47 bits per heavy atom. The Hall–Kier alpha value is -0.530. The van der Waals surface area contributed by atoms with Gasteiger partial charge in [0.2, 0.25) is 0 Å². The van der Waals surface area contributed by atoms with Gasteiger partial charge in [0, 0.05) is 6.61 Å². The first-order valence-electron chi connectivity index (χ1n) is 6.18. The quantitative estimate of drug-likeness (QED) is 0.608. The van der Waals surface area contributed by atoms with E-state index in [1.54, 1.807) is 27.0 Å². The Bertz CT molecular complexity index is 426. The predicted molar refractivity (Wildman–Crippen MR) is 82.7 cm³/mol. The molecular formula is C14H21IO4. The van der Waals surface area contributed by atoms with Gasteiger partial charge in [-0.2, -0.15) is 0 Å². The van der Waals surface area contributed by atoms with E-state index in [1.165, 1.54) is 0 Å². The minimum atomic E-state index is -0.919. The van der Waals surface area contributed by atoms with Crippen molar-refractivity contribution in [3.05, 3.63) is 21.3 Å². The minimum Gasteiger partial charge on any atom is -0.493 e. The highest BCUT2D eigenvalue weighted by molar-refractivity contribution is 14.1. The van der Waals surface area contributed by atoms with Crippen molar-refractivity contribution in [1.82, 2.24) is 0 Å². The fraction of sp³-hybridized carbons (Fsp3) is 0.571. The molecule has 0 bridgehead atoms. The number of halogens is 1. The lowest BCUT2D eigenvalue weighted by Gasteiger charge is -2.22. The van der Waals surface area contributed by atoms with E-state index in [1.807, 2.05) is 19.9 Å². The normalized spacial score (nSPS) is 13.2. The van der Waals surface area contributed by atoms with E-state index >= 15 is 0 Å². The average Bonchev–Trinajstić information content (AvgIpc) is 2.30. The van der Waals surface area contributed by atoms with Gasteiger partial charge in [0.15, 0.2) is 17.8 Å². The summed E-state index contributed by atoms with van der Waals surface area (Å²) in [6.45, 7) is 7.81. The maximum absolute atomic E-state index is 10.1. The molecule has 5 heteroatoms. The van der Waals surface area contributed by atoms with Crippen LogP contribution in [0.4, 0.5) is 0 Å². The molecule has 0 spiro atoms. The zero-order valence-corrected chi connectivity index (χ0v) is 14.1. The van der Waals surface area contributed by atoms with Gasteiger partial charge in [0.05, 0.1) is 16.3 Å². The van der Waals surface area contributed by atoms with Gasteiger partial charge in [-0.3, -0.25) is 0 Å². The number of hydrogen-bond donors (Lipinski definition) is 1. The van der Waals surface area contributed by atoms with E-state index in [0.29, 0.717) is 18.1 Å². The third kappa shape index (κ3) is 4.50. The monoisotopic (exact) mass is 380 g/mol. The number of hydrogen-bond acceptors (Lipinski definition) is 4. The molecule has 0 amide bonds. The van der Waals surface area contributed by atoms with Gasteiger partial charge in [0.1, 0.15) is 0 Å². The predicted octanol–water partition coefficient (Wildman–Crippen LogP) is 3.29. The number of rotatable bonds is 6. The lowest BCUT2D eigenvalue weighted by atomic mass is 9.98. The second kappa shape index (κ2) is 6.76. The number of benzene rings is 1. The summed E-state index contributed by atoms with van der Waals surface area (Å²) in [4.78, 5) is 0. The van der Waals surface area contributed by atoms with Crippen LogP contribution in [0, 0.1) is 3.57 Å². The summed E-state index contributed by atoms with van der Waals surface area (Å²) >= 11 is 2.17. The molecule has 4 nitrogen and oxygen atoms in total. The van der Waals surface area contributed by atoms with E-state index in [4.69, 9.17) is 14.2 Å². The van der Waals surface area contributed by atoms with Crippen molar-refractivity contribution in [2.24, 2.45) is 0 Å². The van der Waals surface area contributed by atoms with Gasteiger partial charge in [-0.05, 0) is 68.0 Å². The fourth-order valence-electron chi connectivity index (χ4n) is 1.62. The lowest BCUT2D eigenvalue weighted by Crippen LogP contribution is -2.19. The fourth-order valence-corrected chi connectivity index (χ4v) is 2.35. The maximum Gasteiger partial charge on any atom is 0.197 e. The van der Waals surface area contributed by atoms with Crippen molar-refractivity contribution in [1.29, 1.82) is 0 Å². The first-order valence-corrected chi connectivity index (χ1v) is 7.26. The molecule has 0 aliphatic carbocycles. The largest absolute Gasteiger partial charge is 0.493 e. The summed E-state index contributed by atoms with van der Waals surface area (Å²) in [5.41, 5.74) is -0.137. The Labute approximate surface area is 128 Å². The van der Waals surface area contributed by atoms with E-state index in [9.17, 15) is 5.11 Å². The zero-order valence-electron chi connectivity index (χ0n) is 12.0. The SMILES string of the molecule is CCOC(C)Oc1c(I)cc(C(C)(C)O)cc1OC. The molecule has 0 saturated heterocycles. The van der Waals surface area contributed by atoms with Crippen LogP contribution in [0.15, 0.2) is 12.1 Å². The van der Waals surface area contributed by atoms with Crippen LogP contribution in [-0.4, -0.2) is 25.1 Å². The van der Waals surface area contributed by atoms with Crippen molar-refractivity contribution in [3.63, 3.8) is 0 Å². The van der Waals surface area contributed by atoms with Gasteiger partial charge < -0.3 is 19.3 Å². The van der Waals surface area contributed by atoms with Crippen LogP contribution < -0.4 is 9.47 Å². The van der Waals surface area contributed by atoms with Gasteiger partial charge in [-0.15, -0.1) is 0 Å². The molecule has 1 atom stereocenters. The van der Waals surface area contributed by atoms with Crippen LogP contribution in [0.25, 0.3) is 0 Å². The molecule has 0 aliphatic heterocycles. The topological polar surface area (TPSA) is 47.9 Å². The van der Waals surface area contributed by atoms with Crippen LogP contribution in [0.2, 0.25) is 0 Å². The molecule has 1 N–H and O–H groups in total. The third-order valence-corrected chi connectivity index (χ3v) is 3.42. The number of ether oxygens (including phenoxy) is 3. The zero-order chi connectivity index (χ0) is 14.6. The van der Waals surface area contributed by atoms with Crippen LogP contribution in [0.1, 0.15) is 33.3 Å². The van der Waals surface area contributed by atoms with E-state index in [-0.39, 0.29) is 6.29 Å². The number of methoxy groups -OCH3 is 1. The molecule has 0 aromatic heterocycles. The summed E-state index contributed by atoms with van der Waals surface area (Å²) < 4.78 is 17.3. The molecule has 1 unspecified atom stereocenters. The molecule has 0 saturated carbocycles. The van der Waals surface area contributed by atoms with E-state index in [0.717, 1.165) is 9.13 Å². The Morgan fingerprint density at radius 1 is 1.37 bits per heavy atom. The van der Waals surface area contributed by atoms with Crippen LogP contribution >= 0.6 is 22.6 Å². The molecule has 1 rings (SSSR count). The second-order valence-electron chi connectivity index (χ2n) is 4.69. The van der Waals surface area contributed by atoms with Gasteiger partial charge in [-0.25, -0.2) is 0 Å². The molecule has 19 heavy (non-hydrogen) atoms. The summed E-state index contributed by atoms with van der Waals surface area (Å²) in [6.07, 6.45) is -0.347. The Kier molecular flexibility index (Phi) is 5.88. The van der Waals surface area contributed by atoms with Gasteiger partial charge in [0.25, 0.3) is 0 Å². The summed E-state index contributed by atoms with van der Waals surface area (Å²) in [7, 11) is 1.58. The molecule has 1 aromatic carbocycles. The van der Waals surface area contributed by atoms with Crippen LogP contribution in [0.5, 0.6) is 11.5 Å². The van der Waals surface area contributed by atoms with Crippen molar-refractivity contribution in [2.45, 2.75) is 39.6 Å². The first kappa shape index (κ1) is 16.5. The lowest BCUT2D eigenvalue weighted by molar-refractivity contribution is -0.0628. The summed E-state index contributed by atoms with van der Waals surface area (Å²) in [6, 6.07) is 3.67. The Balaban J connectivity index is 3.12. The molecule has 0 aliphatic rings. The smallest absolute Gasteiger partial charge is 0.197 e. The summed E-state index contributed by atoms with van der Waals surface area (Å²) in [5, 5.41) is 10.1. The second-order valence-corrected chi connectivity index (χ2v) is 5.85. The van der Waals surface area contributed by atoms with Crippen molar-refractivity contribution in [2.75, 3.05) is 13.7 Å². The van der Waals surface area contributed by atoms with E-state index in [2.05, 4.69) is 22.6 Å². The highest BCUT2D eigenvalue weighted by atomic mass is 127. The van der Waals surface area contributed by atoms with Crippen molar-refractivity contribution >= 4 is 22.6 Å². The van der Waals surface area contributed by atoms with Crippen molar-refractivity contribution in [3.8, 4) is 11.5 Å². The van der Waals surface area contributed by atoms with E-state index < -0.39 is 5.60 Å². The highest BCUT2D eigenvalue weighted by Gasteiger charge is 2.22. The molecule has 1 aromatic rings. The van der Waals surface area contributed by atoms with Crippen molar-refractivity contribution < 1.29 is 19.3 Å². The Morgan fingerprint density at radius 2 is 2.00 bits per heavy atom. The molecule has 108 valence electrons. The first-order chi connectivity index (χ1) is 8.79. The minimum absolute atomic E-state index is 0.347. The average molecular weight is 380 g/mol. The maximum atomic E-state index is 10.1. The molecule has 0 fully saturated rings. The molecule has 0 radical (unpaired) electrons. The van der Waals surface area contributed by atoms with Crippen LogP contribution in [-0.2, 0) is 10.3 Å². The molecule has 0 heterocycles. The van der Waals surface area contributed by atoms with Gasteiger partial charge >= 0.3 is 0 Å². The highest BCUT2D eigenvalue weighted by Crippen LogP contribution is 2.37. The summed E-state index contributed by atoms with van der Waals surface area (Å²) in [5.74, 6) is 1.23. The molecular weight excluding hydrogens is 359 g/mol. The van der Waals surface area contributed by atoms with Gasteiger partial charge in [-0.1, -0.05) is 0 Å². The number of aliphatic hydroxyl groups is 1.